The van der Waals surface area contributed by atoms with E-state index in [2.05, 4.69) is 35.6 Å². The second-order valence-electron chi connectivity index (χ2n) is 5.96. The molecule has 0 spiro atoms. The highest BCUT2D eigenvalue weighted by Gasteiger charge is 2.41. The van der Waals surface area contributed by atoms with E-state index < -0.39 is 0 Å². The summed E-state index contributed by atoms with van der Waals surface area (Å²) >= 11 is 0. The van der Waals surface area contributed by atoms with Gasteiger partial charge in [0.15, 0.2) is 0 Å². The number of likely N-dealkylation sites (N-methyl/N-ethyl adjacent to an activating group) is 1. The maximum Gasteiger partial charge on any atom is 0.0641 e. The standard InChI is InChI=1S/C14H27N5/c1-18(2)14(8-5-4-6-9-14)13(16-15)11-12-7-10-19(3)17-12/h7,10,13,16H,4-6,8-9,11,15H2,1-3H3. The molecule has 1 aromatic rings. The fourth-order valence-corrected chi connectivity index (χ4v) is 3.46. The predicted octanol–water partition coefficient (Wildman–Crippen LogP) is 1.06. The van der Waals surface area contributed by atoms with E-state index >= 15 is 0 Å². The molecule has 1 aliphatic carbocycles. The van der Waals surface area contributed by atoms with Crippen molar-refractivity contribution >= 4 is 0 Å². The summed E-state index contributed by atoms with van der Waals surface area (Å²) in [5, 5.41) is 4.49. The molecule has 1 aliphatic rings. The first kappa shape index (κ1) is 14.5. The lowest BCUT2D eigenvalue weighted by Crippen LogP contribution is -2.62. The Morgan fingerprint density at radius 3 is 2.58 bits per heavy atom. The SMILES string of the molecule is CN(C)C1(C(Cc2ccn(C)n2)NN)CCCCC1. The molecule has 19 heavy (non-hydrogen) atoms. The molecule has 1 saturated carbocycles. The Labute approximate surface area is 116 Å². The van der Waals surface area contributed by atoms with Crippen molar-refractivity contribution < 1.29 is 0 Å². The van der Waals surface area contributed by atoms with Crippen LogP contribution in [-0.2, 0) is 13.5 Å². The molecule has 1 fully saturated rings. The normalized spacial score (nSPS) is 20.7. The lowest BCUT2D eigenvalue weighted by atomic mass is 9.74. The van der Waals surface area contributed by atoms with Crippen LogP contribution in [0.4, 0.5) is 0 Å². The van der Waals surface area contributed by atoms with Gasteiger partial charge >= 0.3 is 0 Å². The topological polar surface area (TPSA) is 59.1 Å². The molecule has 5 heteroatoms. The van der Waals surface area contributed by atoms with E-state index in [0.29, 0.717) is 0 Å². The molecule has 1 atom stereocenters. The summed E-state index contributed by atoms with van der Waals surface area (Å²) < 4.78 is 1.85. The number of hydrogen-bond donors (Lipinski definition) is 2. The number of nitrogens with two attached hydrogens (primary N) is 1. The smallest absolute Gasteiger partial charge is 0.0641 e. The van der Waals surface area contributed by atoms with Crippen molar-refractivity contribution in [2.24, 2.45) is 12.9 Å². The molecule has 1 heterocycles. The third kappa shape index (κ3) is 2.99. The molecule has 1 unspecified atom stereocenters. The van der Waals surface area contributed by atoms with Crippen LogP contribution >= 0.6 is 0 Å². The number of hydrazine groups is 1. The van der Waals surface area contributed by atoms with Crippen LogP contribution in [-0.4, -0.2) is 40.4 Å². The Hall–Kier alpha value is -0.910. The van der Waals surface area contributed by atoms with E-state index in [1.54, 1.807) is 0 Å². The van der Waals surface area contributed by atoms with E-state index in [1.807, 2.05) is 17.9 Å². The van der Waals surface area contributed by atoms with Crippen LogP contribution in [0.2, 0.25) is 0 Å². The van der Waals surface area contributed by atoms with Crippen molar-refractivity contribution in [2.75, 3.05) is 14.1 Å². The van der Waals surface area contributed by atoms with Gasteiger partial charge in [0, 0.05) is 31.2 Å². The summed E-state index contributed by atoms with van der Waals surface area (Å²) in [6.07, 6.45) is 9.22. The van der Waals surface area contributed by atoms with Gasteiger partial charge in [-0.1, -0.05) is 19.3 Å². The molecule has 0 radical (unpaired) electrons. The third-order valence-corrected chi connectivity index (χ3v) is 4.64. The van der Waals surface area contributed by atoms with Crippen LogP contribution in [0.25, 0.3) is 0 Å². The molecule has 1 aromatic heterocycles. The molecule has 0 saturated heterocycles. The van der Waals surface area contributed by atoms with E-state index in [4.69, 9.17) is 5.84 Å². The van der Waals surface area contributed by atoms with Gasteiger partial charge in [0.1, 0.15) is 0 Å². The summed E-state index contributed by atoms with van der Waals surface area (Å²) in [7, 11) is 6.30. The Morgan fingerprint density at radius 1 is 1.42 bits per heavy atom. The summed E-state index contributed by atoms with van der Waals surface area (Å²) in [4.78, 5) is 2.36. The largest absolute Gasteiger partial charge is 0.302 e. The minimum Gasteiger partial charge on any atom is -0.302 e. The molecule has 0 bridgehead atoms. The third-order valence-electron chi connectivity index (χ3n) is 4.64. The number of nitrogens with one attached hydrogen (secondary N) is 1. The summed E-state index contributed by atoms with van der Waals surface area (Å²) in [5.74, 6) is 5.87. The van der Waals surface area contributed by atoms with Gasteiger partial charge in [-0.05, 0) is 33.0 Å². The maximum atomic E-state index is 5.87. The first-order valence-corrected chi connectivity index (χ1v) is 7.20. The molecule has 3 N–H and O–H groups in total. The molecular formula is C14H27N5. The zero-order chi connectivity index (χ0) is 13.9. The Bertz CT molecular complexity index is 392. The second kappa shape index (κ2) is 6.03. The minimum absolute atomic E-state index is 0.157. The number of rotatable bonds is 5. The molecule has 2 rings (SSSR count). The molecule has 0 amide bonds. The quantitative estimate of drug-likeness (QED) is 0.617. The van der Waals surface area contributed by atoms with Gasteiger partial charge in [-0.3, -0.25) is 16.0 Å². The molecular weight excluding hydrogens is 238 g/mol. The number of aromatic nitrogens is 2. The molecule has 0 aliphatic heterocycles. The average molecular weight is 265 g/mol. The number of aryl methyl sites for hydroxylation is 1. The van der Waals surface area contributed by atoms with Gasteiger partial charge in [0.25, 0.3) is 0 Å². The first-order chi connectivity index (χ1) is 9.08. The zero-order valence-corrected chi connectivity index (χ0v) is 12.4. The monoisotopic (exact) mass is 265 g/mol. The van der Waals surface area contributed by atoms with Crippen LogP contribution in [0.1, 0.15) is 37.8 Å². The Morgan fingerprint density at radius 2 is 2.11 bits per heavy atom. The van der Waals surface area contributed by atoms with Crippen LogP contribution < -0.4 is 11.3 Å². The van der Waals surface area contributed by atoms with Gasteiger partial charge in [-0.25, -0.2) is 0 Å². The predicted molar refractivity (Wildman–Crippen MR) is 77.5 cm³/mol. The summed E-state index contributed by atoms with van der Waals surface area (Å²) in [6.45, 7) is 0. The van der Waals surface area contributed by atoms with Gasteiger partial charge < -0.3 is 4.90 Å². The number of hydrogen-bond acceptors (Lipinski definition) is 4. The van der Waals surface area contributed by atoms with Crippen LogP contribution in [0.15, 0.2) is 12.3 Å². The maximum absolute atomic E-state index is 5.87. The fourth-order valence-electron chi connectivity index (χ4n) is 3.46. The van der Waals surface area contributed by atoms with Gasteiger partial charge in [0.2, 0.25) is 0 Å². The minimum atomic E-state index is 0.157. The van der Waals surface area contributed by atoms with Gasteiger partial charge in [0.05, 0.1) is 5.69 Å². The second-order valence-corrected chi connectivity index (χ2v) is 5.96. The van der Waals surface area contributed by atoms with E-state index in [9.17, 15) is 0 Å². The van der Waals surface area contributed by atoms with E-state index in [-0.39, 0.29) is 11.6 Å². The first-order valence-electron chi connectivity index (χ1n) is 7.20. The highest BCUT2D eigenvalue weighted by atomic mass is 15.3. The van der Waals surface area contributed by atoms with Gasteiger partial charge in [-0.2, -0.15) is 5.10 Å². The fraction of sp³-hybridized carbons (Fsp3) is 0.786. The van der Waals surface area contributed by atoms with Crippen molar-refractivity contribution in [3.8, 4) is 0 Å². The Kier molecular flexibility index (Phi) is 4.60. The van der Waals surface area contributed by atoms with Crippen molar-refractivity contribution in [3.05, 3.63) is 18.0 Å². The van der Waals surface area contributed by atoms with Crippen molar-refractivity contribution in [1.29, 1.82) is 0 Å². The van der Waals surface area contributed by atoms with Gasteiger partial charge in [-0.15, -0.1) is 0 Å². The highest BCUT2D eigenvalue weighted by Crippen LogP contribution is 2.35. The van der Waals surface area contributed by atoms with Crippen LogP contribution in [0.5, 0.6) is 0 Å². The van der Waals surface area contributed by atoms with Crippen LogP contribution in [0, 0.1) is 0 Å². The molecule has 5 nitrogen and oxygen atoms in total. The van der Waals surface area contributed by atoms with Crippen molar-refractivity contribution in [2.45, 2.75) is 50.1 Å². The van der Waals surface area contributed by atoms with Crippen LogP contribution in [0.3, 0.4) is 0 Å². The zero-order valence-electron chi connectivity index (χ0n) is 12.4. The lowest BCUT2D eigenvalue weighted by molar-refractivity contribution is 0.0565. The average Bonchev–Trinajstić information content (AvgIpc) is 2.82. The van der Waals surface area contributed by atoms with E-state index in [0.717, 1.165) is 12.1 Å². The van der Waals surface area contributed by atoms with Crippen molar-refractivity contribution in [1.82, 2.24) is 20.1 Å². The number of nitrogens with zero attached hydrogens (tertiary/aromatic N) is 3. The lowest BCUT2D eigenvalue weighted by Gasteiger charge is -2.48. The molecule has 0 aromatic carbocycles. The Balaban J connectivity index is 2.17. The molecule has 108 valence electrons. The summed E-state index contributed by atoms with van der Waals surface area (Å²) in [5.41, 5.74) is 4.33. The highest BCUT2D eigenvalue weighted by molar-refractivity contribution is 5.08. The van der Waals surface area contributed by atoms with E-state index in [1.165, 1.54) is 32.1 Å². The summed E-state index contributed by atoms with van der Waals surface area (Å²) in [6, 6.07) is 2.33. The van der Waals surface area contributed by atoms with Crippen molar-refractivity contribution in [3.63, 3.8) is 0 Å².